The Labute approximate surface area is 101 Å². The summed E-state index contributed by atoms with van der Waals surface area (Å²) in [5.74, 6) is 0.409. The Morgan fingerprint density at radius 2 is 2.00 bits per heavy atom. The fraction of sp³-hybridized carbons (Fsp3) is 0. The lowest BCUT2D eigenvalue weighted by Gasteiger charge is -2.04. The van der Waals surface area contributed by atoms with Crippen LogP contribution in [0.3, 0.4) is 0 Å². The zero-order chi connectivity index (χ0) is 13.0. The number of nitriles is 1. The molecule has 0 aliphatic heterocycles. The van der Waals surface area contributed by atoms with Gasteiger partial charge in [0.2, 0.25) is 0 Å². The molecule has 2 aromatic rings. The molecule has 0 fully saturated rings. The minimum Gasteiger partial charge on any atom is -0.437 e. The highest BCUT2D eigenvalue weighted by Crippen LogP contribution is 2.23. The summed E-state index contributed by atoms with van der Waals surface area (Å²) < 4.78 is 5.32. The van der Waals surface area contributed by atoms with E-state index < -0.39 is 4.92 Å². The average Bonchev–Trinajstić information content (AvgIpc) is 2.40. The van der Waals surface area contributed by atoms with E-state index in [1.54, 1.807) is 0 Å². The molecule has 0 unspecified atom stereocenters. The van der Waals surface area contributed by atoms with Gasteiger partial charge in [-0.2, -0.15) is 10.4 Å². The third-order valence-electron chi connectivity index (χ3n) is 2.07. The van der Waals surface area contributed by atoms with Crippen LogP contribution < -0.4 is 4.74 Å². The van der Waals surface area contributed by atoms with Gasteiger partial charge in [0.15, 0.2) is 0 Å². The third kappa shape index (κ3) is 2.38. The molecule has 0 aliphatic carbocycles. The predicted molar refractivity (Wildman–Crippen MR) is 59.9 cm³/mol. The predicted octanol–water partition coefficient (Wildman–Crippen LogP) is 2.05. The van der Waals surface area contributed by atoms with Crippen molar-refractivity contribution in [2.45, 2.75) is 0 Å². The zero-order valence-electron chi connectivity index (χ0n) is 8.98. The Morgan fingerprint density at radius 3 is 2.61 bits per heavy atom. The summed E-state index contributed by atoms with van der Waals surface area (Å²) in [6.07, 6.45) is 1.38. The monoisotopic (exact) mass is 242 g/mol. The van der Waals surface area contributed by atoms with E-state index in [1.807, 2.05) is 6.07 Å². The molecule has 0 aliphatic rings. The molecule has 88 valence electrons. The topological polar surface area (TPSA) is 102 Å². The maximum Gasteiger partial charge on any atom is 0.269 e. The van der Waals surface area contributed by atoms with Crippen LogP contribution in [0.2, 0.25) is 0 Å². The molecule has 1 aromatic carbocycles. The first-order valence-electron chi connectivity index (χ1n) is 4.85. The van der Waals surface area contributed by atoms with E-state index in [1.165, 1.54) is 36.5 Å². The molecule has 18 heavy (non-hydrogen) atoms. The van der Waals surface area contributed by atoms with Crippen molar-refractivity contribution in [3.05, 3.63) is 52.2 Å². The SMILES string of the molecule is N#Cc1ccnnc1Oc1ccc([N+](=O)[O-])cc1. The number of aromatic nitrogens is 2. The summed E-state index contributed by atoms with van der Waals surface area (Å²) >= 11 is 0. The molecule has 0 amide bonds. The van der Waals surface area contributed by atoms with E-state index in [-0.39, 0.29) is 17.1 Å². The van der Waals surface area contributed by atoms with Gasteiger partial charge in [-0.1, -0.05) is 0 Å². The minimum atomic E-state index is -0.507. The van der Waals surface area contributed by atoms with E-state index in [9.17, 15) is 10.1 Å². The van der Waals surface area contributed by atoms with Gasteiger partial charge in [-0.15, -0.1) is 5.10 Å². The van der Waals surface area contributed by atoms with E-state index in [0.29, 0.717) is 5.75 Å². The second-order valence-corrected chi connectivity index (χ2v) is 3.21. The average molecular weight is 242 g/mol. The fourth-order valence-corrected chi connectivity index (χ4v) is 1.23. The first kappa shape index (κ1) is 11.5. The van der Waals surface area contributed by atoms with E-state index in [2.05, 4.69) is 10.2 Å². The number of nitrogens with zero attached hydrogens (tertiary/aromatic N) is 4. The largest absolute Gasteiger partial charge is 0.437 e. The Balaban J connectivity index is 2.24. The van der Waals surface area contributed by atoms with Crippen molar-refractivity contribution in [1.82, 2.24) is 10.2 Å². The molecule has 7 heteroatoms. The van der Waals surface area contributed by atoms with Gasteiger partial charge in [0.25, 0.3) is 11.6 Å². The van der Waals surface area contributed by atoms with Gasteiger partial charge in [-0.3, -0.25) is 10.1 Å². The van der Waals surface area contributed by atoms with Gasteiger partial charge >= 0.3 is 0 Å². The number of nitro groups is 1. The number of ether oxygens (including phenoxy) is 1. The molecule has 2 rings (SSSR count). The van der Waals surface area contributed by atoms with Gasteiger partial charge in [-0.05, 0) is 18.2 Å². The summed E-state index contributed by atoms with van der Waals surface area (Å²) in [5.41, 5.74) is 0.199. The normalized spacial score (nSPS) is 9.50. The van der Waals surface area contributed by atoms with Crippen LogP contribution in [-0.2, 0) is 0 Å². The number of rotatable bonds is 3. The highest BCUT2D eigenvalue weighted by molar-refractivity contribution is 5.41. The molecule has 1 aromatic heterocycles. The maximum atomic E-state index is 10.5. The van der Waals surface area contributed by atoms with Gasteiger partial charge in [0, 0.05) is 12.1 Å². The van der Waals surface area contributed by atoms with Crippen LogP contribution in [0, 0.1) is 21.4 Å². The number of non-ortho nitro benzene ring substituents is 1. The minimum absolute atomic E-state index is 0.0398. The molecular weight excluding hydrogens is 236 g/mol. The van der Waals surface area contributed by atoms with Crippen LogP contribution in [0.4, 0.5) is 5.69 Å². The van der Waals surface area contributed by atoms with Crippen LogP contribution in [0.1, 0.15) is 5.56 Å². The third-order valence-corrected chi connectivity index (χ3v) is 2.07. The fourth-order valence-electron chi connectivity index (χ4n) is 1.23. The molecule has 0 spiro atoms. The van der Waals surface area contributed by atoms with E-state index in [0.717, 1.165) is 0 Å². The van der Waals surface area contributed by atoms with Crippen molar-refractivity contribution in [3.8, 4) is 17.7 Å². The lowest BCUT2D eigenvalue weighted by atomic mass is 10.3. The smallest absolute Gasteiger partial charge is 0.269 e. The molecule has 0 bridgehead atoms. The first-order valence-corrected chi connectivity index (χ1v) is 4.85. The van der Waals surface area contributed by atoms with E-state index in [4.69, 9.17) is 10.00 Å². The van der Waals surface area contributed by atoms with Gasteiger partial charge < -0.3 is 4.74 Å². The van der Waals surface area contributed by atoms with Gasteiger partial charge in [-0.25, -0.2) is 0 Å². The second kappa shape index (κ2) is 4.88. The number of hydrogen-bond donors (Lipinski definition) is 0. The lowest BCUT2D eigenvalue weighted by Crippen LogP contribution is -1.94. The summed E-state index contributed by atoms with van der Waals surface area (Å²) in [5, 5.41) is 26.6. The molecule has 0 radical (unpaired) electrons. The molecule has 0 saturated heterocycles. The summed E-state index contributed by atoms with van der Waals surface area (Å²) in [6, 6.07) is 8.83. The van der Waals surface area contributed by atoms with Gasteiger partial charge in [0.05, 0.1) is 11.1 Å². The highest BCUT2D eigenvalue weighted by Gasteiger charge is 2.08. The van der Waals surface area contributed by atoms with Crippen LogP contribution in [-0.4, -0.2) is 15.1 Å². The molecule has 1 heterocycles. The van der Waals surface area contributed by atoms with Crippen LogP contribution in [0.5, 0.6) is 11.6 Å². The highest BCUT2D eigenvalue weighted by atomic mass is 16.6. The van der Waals surface area contributed by atoms with Crippen molar-refractivity contribution in [3.63, 3.8) is 0 Å². The quantitative estimate of drug-likeness (QED) is 0.602. The summed E-state index contributed by atoms with van der Waals surface area (Å²) in [7, 11) is 0. The van der Waals surface area contributed by atoms with Gasteiger partial charge in [0.1, 0.15) is 17.4 Å². The molecule has 7 nitrogen and oxygen atoms in total. The molecule has 0 atom stereocenters. The summed E-state index contributed by atoms with van der Waals surface area (Å²) in [4.78, 5) is 9.96. The molecular formula is C11H6N4O3. The summed E-state index contributed by atoms with van der Waals surface area (Å²) in [6.45, 7) is 0. The molecule has 0 N–H and O–H groups in total. The maximum absolute atomic E-state index is 10.5. The Kier molecular flexibility index (Phi) is 3.11. The zero-order valence-corrected chi connectivity index (χ0v) is 8.98. The van der Waals surface area contributed by atoms with Crippen LogP contribution in [0.15, 0.2) is 36.5 Å². The van der Waals surface area contributed by atoms with Crippen molar-refractivity contribution >= 4 is 5.69 Å². The Hall–Kier alpha value is -3.01. The standard InChI is InChI=1S/C11H6N4O3/c12-7-8-5-6-13-14-11(8)18-10-3-1-9(2-4-10)15(16)17/h1-6H. The van der Waals surface area contributed by atoms with Crippen LogP contribution in [0.25, 0.3) is 0 Å². The number of benzene rings is 1. The van der Waals surface area contributed by atoms with Crippen molar-refractivity contribution in [1.29, 1.82) is 5.26 Å². The molecule has 0 saturated carbocycles. The van der Waals surface area contributed by atoms with E-state index >= 15 is 0 Å². The number of hydrogen-bond acceptors (Lipinski definition) is 6. The van der Waals surface area contributed by atoms with Crippen molar-refractivity contribution in [2.75, 3.05) is 0 Å². The van der Waals surface area contributed by atoms with Crippen LogP contribution >= 0.6 is 0 Å². The van der Waals surface area contributed by atoms with Crippen molar-refractivity contribution in [2.24, 2.45) is 0 Å². The Bertz CT molecular complexity index is 619. The lowest BCUT2D eigenvalue weighted by molar-refractivity contribution is -0.384. The first-order chi connectivity index (χ1) is 8.70. The second-order valence-electron chi connectivity index (χ2n) is 3.21. The Morgan fingerprint density at radius 1 is 1.28 bits per heavy atom. The van der Waals surface area contributed by atoms with Crippen molar-refractivity contribution < 1.29 is 9.66 Å². The number of nitro benzene ring substituents is 1.